The number of nitrogens with zero attached hydrogens (tertiary/aromatic N) is 2. The van der Waals surface area contributed by atoms with Crippen molar-refractivity contribution in [2.45, 2.75) is 25.4 Å². The summed E-state index contributed by atoms with van der Waals surface area (Å²) in [7, 11) is 1.55. The van der Waals surface area contributed by atoms with Gasteiger partial charge in [-0.1, -0.05) is 0 Å². The van der Waals surface area contributed by atoms with Crippen LogP contribution in [0.25, 0.3) is 0 Å². The van der Waals surface area contributed by atoms with Crippen LogP contribution in [0.4, 0.5) is 37.7 Å². The van der Waals surface area contributed by atoms with Crippen molar-refractivity contribution >= 4 is 11.4 Å². The smallest absolute Gasteiger partial charge is 0.353 e. The van der Waals surface area contributed by atoms with Crippen LogP contribution in [0.3, 0.4) is 0 Å². The van der Waals surface area contributed by atoms with Crippen LogP contribution in [0, 0.1) is 0 Å². The van der Waals surface area contributed by atoms with E-state index < -0.39 is 30.6 Å². The Hall–Kier alpha value is -1.60. The summed E-state index contributed by atoms with van der Waals surface area (Å²) in [5, 5.41) is 0. The van der Waals surface area contributed by atoms with Crippen LogP contribution in [0.5, 0.6) is 0 Å². The Morgan fingerprint density at radius 2 is 1.65 bits per heavy atom. The fourth-order valence-corrected chi connectivity index (χ4v) is 2.25. The zero-order valence-corrected chi connectivity index (χ0v) is 10.7. The SMILES string of the molecule is CC1N(C)c2ccc(C(F)(F)F)cc2N1CC(F)(F)F. The summed E-state index contributed by atoms with van der Waals surface area (Å²) in [5.41, 5.74) is -0.646. The fraction of sp³-hybridized carbons (Fsp3) is 0.500. The van der Waals surface area contributed by atoms with E-state index in [0.717, 1.165) is 17.0 Å². The molecule has 8 heteroatoms. The number of fused-ring (bicyclic) bond motifs is 1. The van der Waals surface area contributed by atoms with Crippen LogP contribution in [0.1, 0.15) is 12.5 Å². The van der Waals surface area contributed by atoms with Crippen molar-refractivity contribution < 1.29 is 26.3 Å². The first-order chi connectivity index (χ1) is 9.00. The molecule has 1 atom stereocenters. The van der Waals surface area contributed by atoms with Crippen LogP contribution in [-0.2, 0) is 6.18 Å². The van der Waals surface area contributed by atoms with Gasteiger partial charge in [-0.05, 0) is 25.1 Å². The molecule has 0 spiro atoms. The Labute approximate surface area is 111 Å². The lowest BCUT2D eigenvalue weighted by Gasteiger charge is -2.28. The number of hydrogen-bond donors (Lipinski definition) is 0. The molecule has 0 bridgehead atoms. The largest absolute Gasteiger partial charge is 0.416 e. The molecule has 20 heavy (non-hydrogen) atoms. The van der Waals surface area contributed by atoms with Gasteiger partial charge in [0.05, 0.1) is 23.1 Å². The van der Waals surface area contributed by atoms with E-state index in [4.69, 9.17) is 0 Å². The average Bonchev–Trinajstić information content (AvgIpc) is 2.51. The van der Waals surface area contributed by atoms with Gasteiger partial charge in [-0.25, -0.2) is 0 Å². The summed E-state index contributed by atoms with van der Waals surface area (Å²) in [6, 6.07) is 2.84. The first kappa shape index (κ1) is 14.8. The Kier molecular flexibility index (Phi) is 3.30. The molecular formula is C12H12F6N2. The molecule has 0 saturated heterocycles. The molecule has 0 N–H and O–H groups in total. The van der Waals surface area contributed by atoms with Gasteiger partial charge in [-0.3, -0.25) is 0 Å². The number of benzene rings is 1. The molecule has 112 valence electrons. The standard InChI is InChI=1S/C12H12F6N2/c1-7-19(2)9-4-3-8(12(16,17)18)5-10(9)20(7)6-11(13,14)15/h3-5,7H,6H2,1-2H3. The van der Waals surface area contributed by atoms with E-state index in [-0.39, 0.29) is 5.69 Å². The Bertz CT molecular complexity index is 508. The lowest BCUT2D eigenvalue weighted by atomic mass is 10.1. The van der Waals surface area contributed by atoms with Crippen molar-refractivity contribution in [2.75, 3.05) is 23.4 Å². The van der Waals surface area contributed by atoms with Gasteiger partial charge in [0.15, 0.2) is 0 Å². The maximum absolute atomic E-state index is 12.7. The molecule has 0 saturated carbocycles. The molecule has 1 aliphatic rings. The van der Waals surface area contributed by atoms with Gasteiger partial charge in [0, 0.05) is 7.05 Å². The van der Waals surface area contributed by atoms with Gasteiger partial charge in [0.2, 0.25) is 0 Å². The molecule has 1 aliphatic heterocycles. The highest BCUT2D eigenvalue weighted by molar-refractivity contribution is 5.78. The van der Waals surface area contributed by atoms with Crippen molar-refractivity contribution in [3.05, 3.63) is 23.8 Å². The highest BCUT2D eigenvalue weighted by Crippen LogP contribution is 2.43. The molecule has 2 nitrogen and oxygen atoms in total. The maximum atomic E-state index is 12.7. The summed E-state index contributed by atoms with van der Waals surface area (Å²) >= 11 is 0. The number of rotatable bonds is 1. The second kappa shape index (κ2) is 4.46. The van der Waals surface area contributed by atoms with E-state index in [2.05, 4.69) is 0 Å². The van der Waals surface area contributed by atoms with Crippen molar-refractivity contribution in [1.29, 1.82) is 0 Å². The molecule has 0 amide bonds. The van der Waals surface area contributed by atoms with Crippen molar-refractivity contribution in [3.63, 3.8) is 0 Å². The molecule has 0 aromatic heterocycles. The third-order valence-corrected chi connectivity index (χ3v) is 3.35. The molecule has 1 heterocycles. The van der Waals surface area contributed by atoms with Crippen molar-refractivity contribution in [2.24, 2.45) is 0 Å². The normalized spacial score (nSPS) is 19.5. The number of halogens is 6. The van der Waals surface area contributed by atoms with Gasteiger partial charge in [0.1, 0.15) is 6.54 Å². The highest BCUT2D eigenvalue weighted by Gasteiger charge is 2.40. The predicted octanol–water partition coefficient (Wildman–Crippen LogP) is 3.87. The summed E-state index contributed by atoms with van der Waals surface area (Å²) in [6.07, 6.45) is -9.72. The average molecular weight is 298 g/mol. The van der Waals surface area contributed by atoms with Gasteiger partial charge in [-0.15, -0.1) is 0 Å². The molecular weight excluding hydrogens is 286 g/mol. The number of alkyl halides is 6. The van der Waals surface area contributed by atoms with Crippen LogP contribution in [-0.4, -0.2) is 25.9 Å². The number of anilines is 2. The third kappa shape index (κ3) is 2.64. The minimum atomic E-state index is -4.58. The zero-order valence-electron chi connectivity index (χ0n) is 10.7. The third-order valence-electron chi connectivity index (χ3n) is 3.35. The first-order valence-corrected chi connectivity index (χ1v) is 5.78. The van der Waals surface area contributed by atoms with Gasteiger partial charge >= 0.3 is 12.4 Å². The van der Waals surface area contributed by atoms with Crippen LogP contribution >= 0.6 is 0 Å². The topological polar surface area (TPSA) is 6.48 Å². The van der Waals surface area contributed by atoms with Crippen LogP contribution in [0.15, 0.2) is 18.2 Å². The van der Waals surface area contributed by atoms with E-state index in [0.29, 0.717) is 5.69 Å². The Morgan fingerprint density at radius 1 is 1.05 bits per heavy atom. The van der Waals surface area contributed by atoms with E-state index >= 15 is 0 Å². The summed E-state index contributed by atoms with van der Waals surface area (Å²) in [5.74, 6) is 0. The second-order valence-corrected chi connectivity index (χ2v) is 4.69. The highest BCUT2D eigenvalue weighted by atomic mass is 19.4. The van der Waals surface area contributed by atoms with Gasteiger partial charge in [-0.2, -0.15) is 26.3 Å². The van der Waals surface area contributed by atoms with Gasteiger partial charge in [0.25, 0.3) is 0 Å². The minimum Gasteiger partial charge on any atom is -0.353 e. The second-order valence-electron chi connectivity index (χ2n) is 4.69. The maximum Gasteiger partial charge on any atom is 0.416 e. The molecule has 1 aromatic rings. The quantitative estimate of drug-likeness (QED) is 0.726. The van der Waals surface area contributed by atoms with E-state index in [1.807, 2.05) is 0 Å². The molecule has 1 unspecified atom stereocenters. The van der Waals surface area contributed by atoms with Gasteiger partial charge < -0.3 is 9.80 Å². The summed E-state index contributed by atoms with van der Waals surface area (Å²) in [4.78, 5) is 2.44. The lowest BCUT2D eigenvalue weighted by molar-refractivity contribution is -0.137. The number of hydrogen-bond acceptors (Lipinski definition) is 2. The minimum absolute atomic E-state index is 0.0489. The monoisotopic (exact) mass is 298 g/mol. The van der Waals surface area contributed by atoms with Crippen LogP contribution < -0.4 is 9.80 Å². The Morgan fingerprint density at radius 3 is 2.15 bits per heavy atom. The predicted molar refractivity (Wildman–Crippen MR) is 62.7 cm³/mol. The summed E-state index contributed by atoms with van der Waals surface area (Å²) in [6.45, 7) is 0.228. The first-order valence-electron chi connectivity index (χ1n) is 5.78. The fourth-order valence-electron chi connectivity index (χ4n) is 2.25. The van der Waals surface area contributed by atoms with Crippen molar-refractivity contribution in [1.82, 2.24) is 0 Å². The zero-order chi connectivity index (χ0) is 15.3. The van der Waals surface area contributed by atoms with E-state index in [1.165, 1.54) is 17.9 Å². The van der Waals surface area contributed by atoms with Crippen molar-refractivity contribution in [3.8, 4) is 0 Å². The van der Waals surface area contributed by atoms with Crippen LogP contribution in [0.2, 0.25) is 0 Å². The van der Waals surface area contributed by atoms with E-state index in [9.17, 15) is 26.3 Å². The molecule has 0 aliphatic carbocycles. The molecule has 0 fully saturated rings. The lowest BCUT2D eigenvalue weighted by Crippen LogP contribution is -2.43. The summed E-state index contributed by atoms with van der Waals surface area (Å²) < 4.78 is 75.6. The molecule has 1 aromatic carbocycles. The van der Waals surface area contributed by atoms with E-state index in [1.54, 1.807) is 7.05 Å². The molecule has 0 radical (unpaired) electrons. The molecule has 2 rings (SSSR count). The Balaban J connectivity index is 2.45.